The average Bonchev–Trinajstić information content (AvgIpc) is 2.43. The maximum Gasteiger partial charge on any atom is 0.246 e. The number of ether oxygens (including phenoxy) is 1. The second-order valence-electron chi connectivity index (χ2n) is 3.96. The Labute approximate surface area is 118 Å². The molecule has 108 valence electrons. The Morgan fingerprint density at radius 3 is 2.63 bits per heavy atom. The average molecular weight is 305 g/mol. The van der Waals surface area contributed by atoms with Crippen LogP contribution in [0.1, 0.15) is 5.56 Å². The number of hydrogen-bond acceptors (Lipinski definition) is 5. The summed E-state index contributed by atoms with van der Waals surface area (Å²) in [5.41, 5.74) is 0.539. The van der Waals surface area contributed by atoms with Gasteiger partial charge in [0, 0.05) is 19.3 Å². The van der Waals surface area contributed by atoms with E-state index in [-0.39, 0.29) is 17.3 Å². The Balaban J connectivity index is 3.18. The summed E-state index contributed by atoms with van der Waals surface area (Å²) < 4.78 is 31.3. The van der Waals surface area contributed by atoms with Gasteiger partial charge in [-0.3, -0.25) is 0 Å². The first-order valence-corrected chi connectivity index (χ1v) is 8.53. The third-order valence-corrected chi connectivity index (χ3v) is 5.18. The van der Waals surface area contributed by atoms with Crippen molar-refractivity contribution in [3.8, 4) is 5.75 Å². The minimum atomic E-state index is -3.60. The summed E-state index contributed by atoms with van der Waals surface area (Å²) >= 11 is 1.58. The van der Waals surface area contributed by atoms with Crippen molar-refractivity contribution in [1.29, 1.82) is 0 Å². The van der Waals surface area contributed by atoms with Crippen molar-refractivity contribution in [3.63, 3.8) is 0 Å². The van der Waals surface area contributed by atoms with Gasteiger partial charge >= 0.3 is 0 Å². The SMILES string of the molecule is COc1ccc(CO)cc1S(=O)(=O)N(C)CCSC. The number of rotatable bonds is 7. The molecule has 0 aliphatic rings. The molecule has 1 rings (SSSR count). The quantitative estimate of drug-likeness (QED) is 0.819. The number of sulfonamides is 1. The molecule has 0 radical (unpaired) electrons. The lowest BCUT2D eigenvalue weighted by molar-refractivity contribution is 0.281. The van der Waals surface area contributed by atoms with Crippen LogP contribution in [-0.4, -0.2) is 50.5 Å². The number of aliphatic hydroxyl groups is 1. The molecule has 1 N–H and O–H groups in total. The summed E-state index contributed by atoms with van der Waals surface area (Å²) in [5, 5.41) is 9.12. The van der Waals surface area contributed by atoms with Crippen LogP contribution in [0.5, 0.6) is 5.75 Å². The molecule has 19 heavy (non-hydrogen) atoms. The second-order valence-corrected chi connectivity index (χ2v) is 6.96. The van der Waals surface area contributed by atoms with E-state index in [2.05, 4.69) is 0 Å². The lowest BCUT2D eigenvalue weighted by atomic mass is 10.2. The second kappa shape index (κ2) is 7.14. The molecule has 7 heteroatoms. The summed E-state index contributed by atoms with van der Waals surface area (Å²) in [6, 6.07) is 4.64. The van der Waals surface area contributed by atoms with Crippen molar-refractivity contribution < 1.29 is 18.3 Å². The summed E-state index contributed by atoms with van der Waals surface area (Å²) in [6.07, 6.45) is 1.92. The van der Waals surface area contributed by atoms with Gasteiger partial charge in [-0.05, 0) is 24.0 Å². The van der Waals surface area contributed by atoms with Crippen LogP contribution in [0, 0.1) is 0 Å². The highest BCUT2D eigenvalue weighted by atomic mass is 32.2. The zero-order chi connectivity index (χ0) is 14.5. The van der Waals surface area contributed by atoms with Gasteiger partial charge in [0.15, 0.2) is 0 Å². The molecule has 0 unspecified atom stereocenters. The van der Waals surface area contributed by atoms with Gasteiger partial charge in [-0.15, -0.1) is 0 Å². The molecule has 0 bridgehead atoms. The van der Waals surface area contributed by atoms with Gasteiger partial charge in [-0.1, -0.05) is 6.07 Å². The van der Waals surface area contributed by atoms with E-state index in [0.29, 0.717) is 12.1 Å². The highest BCUT2D eigenvalue weighted by Gasteiger charge is 2.24. The molecule has 0 saturated carbocycles. The normalized spacial score (nSPS) is 11.8. The Morgan fingerprint density at radius 2 is 2.11 bits per heavy atom. The topological polar surface area (TPSA) is 66.8 Å². The van der Waals surface area contributed by atoms with E-state index in [9.17, 15) is 8.42 Å². The van der Waals surface area contributed by atoms with Crippen LogP contribution in [0.4, 0.5) is 0 Å². The van der Waals surface area contributed by atoms with Gasteiger partial charge in [-0.2, -0.15) is 16.1 Å². The van der Waals surface area contributed by atoms with E-state index in [4.69, 9.17) is 9.84 Å². The predicted molar refractivity (Wildman–Crippen MR) is 77.1 cm³/mol. The van der Waals surface area contributed by atoms with E-state index >= 15 is 0 Å². The maximum absolute atomic E-state index is 12.4. The number of thioether (sulfide) groups is 1. The molecule has 0 spiro atoms. The summed E-state index contributed by atoms with van der Waals surface area (Å²) in [5.74, 6) is 1.01. The van der Waals surface area contributed by atoms with E-state index in [0.717, 1.165) is 5.75 Å². The molecule has 0 aromatic heterocycles. The summed E-state index contributed by atoms with van der Waals surface area (Å²) in [7, 11) is -0.639. The fraction of sp³-hybridized carbons (Fsp3) is 0.500. The summed E-state index contributed by atoms with van der Waals surface area (Å²) in [6.45, 7) is 0.219. The molecule has 0 aliphatic carbocycles. The smallest absolute Gasteiger partial charge is 0.246 e. The van der Waals surface area contributed by atoms with Crippen LogP contribution >= 0.6 is 11.8 Å². The molecule has 5 nitrogen and oxygen atoms in total. The first-order chi connectivity index (χ1) is 8.97. The maximum atomic E-state index is 12.4. The number of hydrogen-bond donors (Lipinski definition) is 1. The van der Waals surface area contributed by atoms with Crippen LogP contribution in [0.25, 0.3) is 0 Å². The van der Waals surface area contributed by atoms with Crippen LogP contribution in [0.15, 0.2) is 23.1 Å². The van der Waals surface area contributed by atoms with Gasteiger partial charge in [-0.25, -0.2) is 8.42 Å². The van der Waals surface area contributed by atoms with Gasteiger partial charge in [0.05, 0.1) is 13.7 Å². The molecule has 1 aromatic carbocycles. The predicted octanol–water partition coefficient (Wildman–Crippen LogP) is 1.17. The van der Waals surface area contributed by atoms with Crippen LogP contribution in [0.2, 0.25) is 0 Å². The molecule has 0 fully saturated rings. The van der Waals surface area contributed by atoms with E-state index < -0.39 is 10.0 Å². The lowest BCUT2D eigenvalue weighted by Crippen LogP contribution is -2.29. The van der Waals surface area contributed by atoms with Gasteiger partial charge in [0.2, 0.25) is 10.0 Å². The van der Waals surface area contributed by atoms with Gasteiger partial charge < -0.3 is 9.84 Å². The van der Waals surface area contributed by atoms with E-state index in [1.165, 1.54) is 24.5 Å². The Morgan fingerprint density at radius 1 is 1.42 bits per heavy atom. The van der Waals surface area contributed by atoms with Crippen LogP contribution < -0.4 is 4.74 Å². The molecule has 0 saturated heterocycles. The van der Waals surface area contributed by atoms with Crippen molar-refractivity contribution in [1.82, 2.24) is 4.31 Å². The van der Waals surface area contributed by atoms with Crippen LogP contribution in [0.3, 0.4) is 0 Å². The number of methoxy groups -OCH3 is 1. The standard InChI is InChI=1S/C12H19NO4S2/c1-13(6-7-18-3)19(15,16)12-8-10(9-14)4-5-11(12)17-2/h4-5,8,14H,6-7,9H2,1-3H3. The number of nitrogens with zero attached hydrogens (tertiary/aromatic N) is 1. The summed E-state index contributed by atoms with van der Waals surface area (Å²) in [4.78, 5) is 0.0881. The van der Waals surface area contributed by atoms with Crippen LogP contribution in [-0.2, 0) is 16.6 Å². The Kier molecular flexibility index (Phi) is 6.12. The monoisotopic (exact) mass is 305 g/mol. The van der Waals surface area contributed by atoms with Crippen molar-refractivity contribution in [3.05, 3.63) is 23.8 Å². The third-order valence-electron chi connectivity index (χ3n) is 2.71. The van der Waals surface area contributed by atoms with Gasteiger partial charge in [0.1, 0.15) is 10.6 Å². The molecular formula is C12H19NO4S2. The highest BCUT2D eigenvalue weighted by Crippen LogP contribution is 2.27. The zero-order valence-corrected chi connectivity index (χ0v) is 12.9. The fourth-order valence-corrected chi connectivity index (χ4v) is 3.47. The largest absolute Gasteiger partial charge is 0.495 e. The molecule has 0 aliphatic heterocycles. The number of aliphatic hydroxyl groups excluding tert-OH is 1. The first kappa shape index (κ1) is 16.3. The van der Waals surface area contributed by atoms with Crippen molar-refractivity contribution in [2.45, 2.75) is 11.5 Å². The minimum Gasteiger partial charge on any atom is -0.495 e. The molecule has 1 aromatic rings. The molecule has 0 atom stereocenters. The first-order valence-electron chi connectivity index (χ1n) is 5.70. The lowest BCUT2D eigenvalue weighted by Gasteiger charge is -2.19. The van der Waals surface area contributed by atoms with E-state index in [1.807, 2.05) is 6.26 Å². The highest BCUT2D eigenvalue weighted by molar-refractivity contribution is 7.98. The Hall–Kier alpha value is -0.760. The number of benzene rings is 1. The fourth-order valence-electron chi connectivity index (χ4n) is 1.53. The van der Waals surface area contributed by atoms with Crippen molar-refractivity contribution in [2.75, 3.05) is 32.7 Å². The van der Waals surface area contributed by atoms with Crippen molar-refractivity contribution in [2.24, 2.45) is 0 Å². The third kappa shape index (κ3) is 3.85. The van der Waals surface area contributed by atoms with Gasteiger partial charge in [0.25, 0.3) is 0 Å². The van der Waals surface area contributed by atoms with E-state index in [1.54, 1.807) is 23.9 Å². The zero-order valence-electron chi connectivity index (χ0n) is 11.3. The van der Waals surface area contributed by atoms with Crippen molar-refractivity contribution >= 4 is 21.8 Å². The molecular weight excluding hydrogens is 286 g/mol. The molecule has 0 heterocycles. The minimum absolute atomic E-state index is 0.0881. The molecule has 0 amide bonds. The Bertz CT molecular complexity index is 516.